The topological polar surface area (TPSA) is 47.0 Å². The Morgan fingerprint density at radius 2 is 2.00 bits per heavy atom. The van der Waals surface area contributed by atoms with Crippen molar-refractivity contribution in [1.29, 1.82) is 0 Å². The van der Waals surface area contributed by atoms with Crippen molar-refractivity contribution < 1.29 is 4.74 Å². The molecule has 1 heterocycles. The van der Waals surface area contributed by atoms with E-state index in [1.165, 1.54) is 0 Å². The molecule has 1 aromatic carbocycles. The van der Waals surface area contributed by atoms with Crippen LogP contribution in [0.4, 0.5) is 0 Å². The Balaban J connectivity index is 2.26. The summed E-state index contributed by atoms with van der Waals surface area (Å²) in [5.41, 5.74) is 2.09. The van der Waals surface area contributed by atoms with Crippen LogP contribution in [0, 0.1) is 0 Å². The molecule has 4 nitrogen and oxygen atoms in total. The average Bonchev–Trinajstić information content (AvgIpc) is 2.49. The molecule has 19 heavy (non-hydrogen) atoms. The monoisotopic (exact) mass is 257 g/mol. The van der Waals surface area contributed by atoms with Gasteiger partial charge < -0.3 is 10.1 Å². The van der Waals surface area contributed by atoms with Crippen LogP contribution in [0.25, 0.3) is 0 Å². The highest BCUT2D eigenvalue weighted by molar-refractivity contribution is 5.32. The molecule has 0 spiro atoms. The summed E-state index contributed by atoms with van der Waals surface area (Å²) in [5, 5.41) is 3.50. The van der Waals surface area contributed by atoms with Gasteiger partial charge in [0.15, 0.2) is 0 Å². The van der Waals surface area contributed by atoms with Crippen LogP contribution in [0.15, 0.2) is 42.9 Å². The third-order valence-electron chi connectivity index (χ3n) is 2.93. The van der Waals surface area contributed by atoms with Crippen LogP contribution >= 0.6 is 0 Å². The van der Waals surface area contributed by atoms with E-state index in [1.807, 2.05) is 12.1 Å². The van der Waals surface area contributed by atoms with Crippen molar-refractivity contribution >= 4 is 0 Å². The largest absolute Gasteiger partial charge is 0.497 e. The first kappa shape index (κ1) is 13.5. The smallest absolute Gasteiger partial charge is 0.118 e. The second kappa shape index (κ2) is 6.85. The average molecular weight is 257 g/mol. The van der Waals surface area contributed by atoms with Crippen LogP contribution in [-0.4, -0.2) is 23.6 Å². The lowest BCUT2D eigenvalue weighted by Gasteiger charge is -2.18. The zero-order valence-electron chi connectivity index (χ0n) is 11.3. The van der Waals surface area contributed by atoms with Crippen molar-refractivity contribution in [3.63, 3.8) is 0 Å². The zero-order chi connectivity index (χ0) is 13.5. The number of methoxy groups -OCH3 is 1. The van der Waals surface area contributed by atoms with E-state index < -0.39 is 0 Å². The van der Waals surface area contributed by atoms with E-state index >= 15 is 0 Å². The zero-order valence-corrected chi connectivity index (χ0v) is 11.3. The van der Waals surface area contributed by atoms with E-state index in [2.05, 4.69) is 34.3 Å². The molecular weight excluding hydrogens is 238 g/mol. The van der Waals surface area contributed by atoms with E-state index in [0.29, 0.717) is 0 Å². The van der Waals surface area contributed by atoms with Crippen molar-refractivity contribution in [2.45, 2.75) is 19.4 Å². The van der Waals surface area contributed by atoms with Gasteiger partial charge in [-0.3, -0.25) is 9.97 Å². The van der Waals surface area contributed by atoms with Gasteiger partial charge in [0.25, 0.3) is 0 Å². The van der Waals surface area contributed by atoms with Gasteiger partial charge in [0.2, 0.25) is 0 Å². The molecule has 0 saturated carbocycles. The van der Waals surface area contributed by atoms with Crippen LogP contribution in [0.5, 0.6) is 5.75 Å². The Bertz CT molecular complexity index is 485. The number of ether oxygens (including phenoxy) is 1. The third kappa shape index (κ3) is 3.51. The van der Waals surface area contributed by atoms with Gasteiger partial charge in [0.05, 0.1) is 25.0 Å². The summed E-state index contributed by atoms with van der Waals surface area (Å²) in [6, 6.07) is 8.11. The van der Waals surface area contributed by atoms with Crippen LogP contribution in [0.1, 0.15) is 30.6 Å². The number of benzene rings is 1. The van der Waals surface area contributed by atoms with Gasteiger partial charge in [-0.1, -0.05) is 19.1 Å². The molecule has 0 aliphatic heterocycles. The fraction of sp³-hybridized carbons (Fsp3) is 0.333. The minimum Gasteiger partial charge on any atom is -0.497 e. The maximum absolute atomic E-state index is 5.19. The summed E-state index contributed by atoms with van der Waals surface area (Å²) in [6.45, 7) is 3.09. The highest BCUT2D eigenvalue weighted by Gasteiger charge is 2.14. The molecule has 0 aliphatic rings. The predicted octanol–water partition coefficient (Wildman–Crippen LogP) is 2.57. The van der Waals surface area contributed by atoms with Crippen molar-refractivity contribution in [1.82, 2.24) is 15.3 Å². The van der Waals surface area contributed by atoms with E-state index in [-0.39, 0.29) is 6.04 Å². The van der Waals surface area contributed by atoms with E-state index in [9.17, 15) is 0 Å². The lowest BCUT2D eigenvalue weighted by molar-refractivity contribution is 0.414. The first-order valence-electron chi connectivity index (χ1n) is 6.48. The van der Waals surface area contributed by atoms with Crippen LogP contribution in [-0.2, 0) is 0 Å². The molecule has 0 saturated heterocycles. The quantitative estimate of drug-likeness (QED) is 0.864. The van der Waals surface area contributed by atoms with Crippen LogP contribution in [0.2, 0.25) is 0 Å². The standard InChI is InChI=1S/C15H19N3O/c1-3-8-18-15(14-11-16-9-10-17-14)12-4-6-13(19-2)7-5-12/h4-7,9-11,15,18H,3,8H2,1-2H3. The van der Waals surface area contributed by atoms with Crippen molar-refractivity contribution in [2.24, 2.45) is 0 Å². The molecule has 0 radical (unpaired) electrons. The van der Waals surface area contributed by atoms with E-state index in [1.54, 1.807) is 25.7 Å². The molecule has 0 bridgehead atoms. The Morgan fingerprint density at radius 3 is 2.58 bits per heavy atom. The first-order valence-corrected chi connectivity index (χ1v) is 6.48. The highest BCUT2D eigenvalue weighted by Crippen LogP contribution is 2.22. The number of hydrogen-bond acceptors (Lipinski definition) is 4. The first-order chi connectivity index (χ1) is 9.35. The summed E-state index contributed by atoms with van der Waals surface area (Å²) in [7, 11) is 1.67. The number of nitrogens with zero attached hydrogens (tertiary/aromatic N) is 2. The van der Waals surface area contributed by atoms with Gasteiger partial charge in [0.1, 0.15) is 5.75 Å². The van der Waals surface area contributed by atoms with E-state index in [0.717, 1.165) is 30.0 Å². The minimum absolute atomic E-state index is 0.0690. The molecule has 0 amide bonds. The van der Waals surface area contributed by atoms with Crippen molar-refractivity contribution in [3.05, 3.63) is 54.1 Å². The van der Waals surface area contributed by atoms with Gasteiger partial charge in [-0.15, -0.1) is 0 Å². The van der Waals surface area contributed by atoms with Gasteiger partial charge in [-0.25, -0.2) is 0 Å². The summed E-state index contributed by atoms with van der Waals surface area (Å²) in [4.78, 5) is 8.54. The maximum atomic E-state index is 5.19. The van der Waals surface area contributed by atoms with Crippen molar-refractivity contribution in [3.8, 4) is 5.75 Å². The Hall–Kier alpha value is -1.94. The predicted molar refractivity (Wildman–Crippen MR) is 75.2 cm³/mol. The Kier molecular flexibility index (Phi) is 4.86. The molecule has 100 valence electrons. The normalized spacial score (nSPS) is 12.1. The number of hydrogen-bond donors (Lipinski definition) is 1. The molecule has 1 N–H and O–H groups in total. The van der Waals surface area contributed by atoms with Crippen molar-refractivity contribution in [2.75, 3.05) is 13.7 Å². The Labute approximate surface area is 113 Å². The van der Waals surface area contributed by atoms with Gasteiger partial charge in [-0.2, -0.15) is 0 Å². The summed E-state index contributed by atoms with van der Waals surface area (Å²) < 4.78 is 5.19. The fourth-order valence-corrected chi connectivity index (χ4v) is 1.94. The molecule has 4 heteroatoms. The van der Waals surface area contributed by atoms with Gasteiger partial charge >= 0.3 is 0 Å². The maximum Gasteiger partial charge on any atom is 0.118 e. The summed E-state index contributed by atoms with van der Waals surface area (Å²) >= 11 is 0. The number of rotatable bonds is 6. The molecule has 1 unspecified atom stereocenters. The summed E-state index contributed by atoms with van der Waals surface area (Å²) in [5.74, 6) is 0.858. The molecule has 1 aromatic heterocycles. The second-order valence-electron chi connectivity index (χ2n) is 4.29. The molecule has 0 fully saturated rings. The van der Waals surface area contributed by atoms with Gasteiger partial charge in [-0.05, 0) is 30.7 Å². The summed E-state index contributed by atoms with van der Waals surface area (Å²) in [6.07, 6.45) is 6.29. The SMILES string of the molecule is CCCNC(c1ccc(OC)cc1)c1cnccn1. The molecular formula is C15H19N3O. The minimum atomic E-state index is 0.0690. The molecule has 1 atom stereocenters. The molecule has 2 rings (SSSR count). The second-order valence-corrected chi connectivity index (χ2v) is 4.29. The van der Waals surface area contributed by atoms with Crippen LogP contribution < -0.4 is 10.1 Å². The Morgan fingerprint density at radius 1 is 1.21 bits per heavy atom. The molecule has 0 aliphatic carbocycles. The number of aromatic nitrogens is 2. The third-order valence-corrected chi connectivity index (χ3v) is 2.93. The lowest BCUT2D eigenvalue weighted by Crippen LogP contribution is -2.24. The lowest BCUT2D eigenvalue weighted by atomic mass is 10.0. The van der Waals surface area contributed by atoms with E-state index in [4.69, 9.17) is 4.74 Å². The fourth-order valence-electron chi connectivity index (χ4n) is 1.94. The highest BCUT2D eigenvalue weighted by atomic mass is 16.5. The van der Waals surface area contributed by atoms with Gasteiger partial charge in [0, 0.05) is 12.4 Å². The van der Waals surface area contributed by atoms with Crippen LogP contribution in [0.3, 0.4) is 0 Å². The number of nitrogens with one attached hydrogen (secondary N) is 1. The molecule has 2 aromatic rings.